The fraction of sp³-hybridized carbons (Fsp3) is 0.226. The quantitative estimate of drug-likeness (QED) is 0.228. The summed E-state index contributed by atoms with van der Waals surface area (Å²) in [5.74, 6) is 1.68. The van der Waals surface area contributed by atoms with E-state index in [4.69, 9.17) is 4.42 Å². The lowest BCUT2D eigenvalue weighted by Crippen LogP contribution is -2.31. The van der Waals surface area contributed by atoms with Crippen molar-refractivity contribution in [3.8, 4) is 22.3 Å². The first-order chi connectivity index (χ1) is 16.2. The molecule has 1 heterocycles. The standard InChI is InChI=1S/C31H23BrO/c32-21-11-13-24-23-12-9-19(15-28(23)33-29(24)16-21)22-5-3-7-27-30(22)25-4-1-2-6-26(25)31(27)17-18-8-10-20(31)14-18/h1-7,9,11-13,15-16,18,20H,8,10,14,17H2. The smallest absolute Gasteiger partial charge is 0.136 e. The summed E-state index contributed by atoms with van der Waals surface area (Å²) < 4.78 is 7.33. The van der Waals surface area contributed by atoms with Crippen molar-refractivity contribution in [2.24, 2.45) is 11.8 Å². The van der Waals surface area contributed by atoms with Crippen LogP contribution in [0.5, 0.6) is 0 Å². The van der Waals surface area contributed by atoms with Crippen LogP contribution in [-0.2, 0) is 5.41 Å². The third kappa shape index (κ3) is 2.33. The Bertz CT molecular complexity index is 1610. The van der Waals surface area contributed by atoms with Crippen LogP contribution in [-0.4, -0.2) is 0 Å². The van der Waals surface area contributed by atoms with Gasteiger partial charge in [0.05, 0.1) is 0 Å². The molecular weight excluding hydrogens is 468 g/mol. The van der Waals surface area contributed by atoms with Gasteiger partial charge in [0.25, 0.3) is 0 Å². The van der Waals surface area contributed by atoms with Gasteiger partial charge in [-0.15, -0.1) is 0 Å². The molecule has 3 unspecified atom stereocenters. The van der Waals surface area contributed by atoms with Crippen molar-refractivity contribution < 1.29 is 4.42 Å². The molecule has 2 bridgehead atoms. The monoisotopic (exact) mass is 490 g/mol. The third-order valence-corrected chi connectivity index (χ3v) is 9.31. The van der Waals surface area contributed by atoms with Gasteiger partial charge in [0, 0.05) is 20.7 Å². The molecule has 1 aromatic heterocycles. The van der Waals surface area contributed by atoms with Gasteiger partial charge in [-0.25, -0.2) is 0 Å². The van der Waals surface area contributed by atoms with Crippen LogP contribution in [0.2, 0.25) is 0 Å². The molecule has 0 amide bonds. The van der Waals surface area contributed by atoms with Gasteiger partial charge in [-0.1, -0.05) is 70.9 Å². The average molecular weight is 491 g/mol. The molecule has 2 heteroatoms. The molecule has 3 atom stereocenters. The summed E-state index contributed by atoms with van der Waals surface area (Å²) >= 11 is 3.57. The first-order valence-electron chi connectivity index (χ1n) is 12.1. The second-order valence-corrected chi connectivity index (χ2v) is 11.2. The van der Waals surface area contributed by atoms with Gasteiger partial charge >= 0.3 is 0 Å². The topological polar surface area (TPSA) is 13.1 Å². The van der Waals surface area contributed by atoms with Crippen molar-refractivity contribution in [1.29, 1.82) is 0 Å². The van der Waals surface area contributed by atoms with Crippen LogP contribution in [0.15, 0.2) is 87.8 Å². The van der Waals surface area contributed by atoms with E-state index in [1.807, 2.05) is 0 Å². The van der Waals surface area contributed by atoms with Crippen molar-refractivity contribution >= 4 is 37.9 Å². The Hall–Kier alpha value is -2.84. The Morgan fingerprint density at radius 1 is 0.758 bits per heavy atom. The van der Waals surface area contributed by atoms with Crippen LogP contribution in [0, 0.1) is 11.8 Å². The minimum Gasteiger partial charge on any atom is -0.456 e. The van der Waals surface area contributed by atoms with E-state index in [-0.39, 0.29) is 5.41 Å². The zero-order valence-corrected chi connectivity index (χ0v) is 19.9. The van der Waals surface area contributed by atoms with Gasteiger partial charge in [-0.05, 0) is 94.8 Å². The van der Waals surface area contributed by atoms with Gasteiger partial charge < -0.3 is 4.42 Å². The summed E-state index contributed by atoms with van der Waals surface area (Å²) in [7, 11) is 0. The Kier molecular flexibility index (Phi) is 3.60. The number of benzene rings is 4. The van der Waals surface area contributed by atoms with Crippen LogP contribution >= 0.6 is 15.9 Å². The lowest BCUT2D eigenvalue weighted by molar-refractivity contribution is 0.327. The van der Waals surface area contributed by atoms with E-state index >= 15 is 0 Å². The predicted molar refractivity (Wildman–Crippen MR) is 139 cm³/mol. The van der Waals surface area contributed by atoms with Gasteiger partial charge in [0.2, 0.25) is 0 Å². The van der Waals surface area contributed by atoms with Crippen LogP contribution in [0.4, 0.5) is 0 Å². The molecular formula is C31H23BrO. The molecule has 2 saturated carbocycles. The maximum absolute atomic E-state index is 6.29. The fourth-order valence-electron chi connectivity index (χ4n) is 7.60. The highest BCUT2D eigenvalue weighted by Crippen LogP contribution is 2.66. The minimum absolute atomic E-state index is 0.223. The second-order valence-electron chi connectivity index (χ2n) is 10.3. The summed E-state index contributed by atoms with van der Waals surface area (Å²) in [5, 5.41) is 2.35. The van der Waals surface area contributed by atoms with Crippen LogP contribution < -0.4 is 0 Å². The van der Waals surface area contributed by atoms with E-state index in [9.17, 15) is 0 Å². The zero-order valence-electron chi connectivity index (χ0n) is 18.3. The molecule has 1 spiro atoms. The number of hydrogen-bond donors (Lipinski definition) is 0. The van der Waals surface area contributed by atoms with E-state index in [2.05, 4.69) is 94.8 Å². The van der Waals surface area contributed by atoms with Crippen molar-refractivity contribution in [2.45, 2.75) is 31.1 Å². The van der Waals surface area contributed by atoms with Gasteiger partial charge in [-0.3, -0.25) is 0 Å². The Morgan fingerprint density at radius 3 is 2.39 bits per heavy atom. The highest BCUT2D eigenvalue weighted by Gasteiger charge is 2.56. The highest BCUT2D eigenvalue weighted by atomic mass is 79.9. The molecule has 1 nitrogen and oxygen atoms in total. The summed E-state index contributed by atoms with van der Waals surface area (Å²) in [6, 6.07) is 29.3. The maximum Gasteiger partial charge on any atom is 0.136 e. The largest absolute Gasteiger partial charge is 0.456 e. The van der Waals surface area contributed by atoms with E-state index in [0.29, 0.717) is 0 Å². The average Bonchev–Trinajstić information content (AvgIpc) is 3.60. The Balaban J connectivity index is 1.38. The third-order valence-electron chi connectivity index (χ3n) is 8.82. The van der Waals surface area contributed by atoms with E-state index < -0.39 is 0 Å². The van der Waals surface area contributed by atoms with Crippen LogP contribution in [0.1, 0.15) is 36.8 Å². The summed E-state index contributed by atoms with van der Waals surface area (Å²) in [6.07, 6.45) is 5.52. The molecule has 3 aliphatic rings. The molecule has 2 fully saturated rings. The molecule has 8 rings (SSSR count). The molecule has 4 aromatic carbocycles. The van der Waals surface area contributed by atoms with Crippen LogP contribution in [0.25, 0.3) is 44.2 Å². The van der Waals surface area contributed by atoms with Crippen molar-refractivity contribution in [3.63, 3.8) is 0 Å². The Labute approximate surface area is 201 Å². The summed E-state index contributed by atoms with van der Waals surface area (Å²) in [6.45, 7) is 0. The number of halogens is 1. The number of furan rings is 1. The van der Waals surface area contributed by atoms with Crippen molar-refractivity contribution in [3.05, 3.63) is 94.5 Å². The van der Waals surface area contributed by atoms with Crippen molar-refractivity contribution in [2.75, 3.05) is 0 Å². The molecule has 160 valence electrons. The van der Waals surface area contributed by atoms with E-state index in [1.54, 1.807) is 11.1 Å². The first-order valence-corrected chi connectivity index (χ1v) is 12.9. The summed E-state index contributed by atoms with van der Waals surface area (Å²) in [4.78, 5) is 0. The van der Waals surface area contributed by atoms with Gasteiger partial charge in [0.1, 0.15) is 11.2 Å². The number of fused-ring (bicyclic) bond motifs is 11. The second kappa shape index (κ2) is 6.39. The molecule has 33 heavy (non-hydrogen) atoms. The van der Waals surface area contributed by atoms with Crippen molar-refractivity contribution in [1.82, 2.24) is 0 Å². The minimum atomic E-state index is 0.223. The molecule has 0 N–H and O–H groups in total. The van der Waals surface area contributed by atoms with E-state index in [0.717, 1.165) is 27.5 Å². The normalized spacial score (nSPS) is 24.8. The molecule has 0 radical (unpaired) electrons. The fourth-order valence-corrected chi connectivity index (χ4v) is 7.94. The van der Waals surface area contributed by atoms with E-state index in [1.165, 1.54) is 58.7 Å². The van der Waals surface area contributed by atoms with Gasteiger partial charge in [-0.2, -0.15) is 0 Å². The SMILES string of the molecule is Brc1ccc2c(c1)oc1cc(-c3cccc4c3-c3ccccc3C43CC4CCC3C4)ccc12. The first kappa shape index (κ1) is 18.6. The molecule has 0 saturated heterocycles. The highest BCUT2D eigenvalue weighted by molar-refractivity contribution is 9.10. The summed E-state index contributed by atoms with van der Waals surface area (Å²) in [5.41, 5.74) is 10.7. The van der Waals surface area contributed by atoms with Gasteiger partial charge in [0.15, 0.2) is 0 Å². The Morgan fingerprint density at radius 2 is 1.55 bits per heavy atom. The maximum atomic E-state index is 6.29. The number of rotatable bonds is 1. The lowest BCUT2D eigenvalue weighted by atomic mass is 9.66. The van der Waals surface area contributed by atoms with Crippen LogP contribution in [0.3, 0.4) is 0 Å². The molecule has 5 aromatic rings. The zero-order chi connectivity index (χ0) is 21.7. The molecule has 0 aliphatic heterocycles. The predicted octanol–water partition coefficient (Wildman–Crippen LogP) is 9.10. The number of hydrogen-bond acceptors (Lipinski definition) is 1. The lowest BCUT2D eigenvalue weighted by Gasteiger charge is -2.36. The molecule has 3 aliphatic carbocycles.